The fourth-order valence-corrected chi connectivity index (χ4v) is 8.62. The Hall–Kier alpha value is -3.35. The number of carbonyl (C=O) groups excluding carboxylic acids is 1. The van der Waals surface area contributed by atoms with Crippen molar-refractivity contribution in [2.24, 2.45) is 13.0 Å². The third kappa shape index (κ3) is 3.59. The second-order valence-electron chi connectivity index (χ2n) is 12.9. The summed E-state index contributed by atoms with van der Waals surface area (Å²) in [6, 6.07) is 16.6. The zero-order chi connectivity index (χ0) is 27.9. The van der Waals surface area contributed by atoms with Crippen molar-refractivity contribution in [2.45, 2.75) is 68.1 Å². The average Bonchev–Trinajstić information content (AvgIpc) is 3.65. The van der Waals surface area contributed by atoms with Gasteiger partial charge in [0.1, 0.15) is 0 Å². The molecule has 0 amide bonds. The van der Waals surface area contributed by atoms with Crippen LogP contribution in [0.2, 0.25) is 0 Å². The summed E-state index contributed by atoms with van der Waals surface area (Å²) >= 11 is 0. The van der Waals surface area contributed by atoms with Crippen molar-refractivity contribution in [3.63, 3.8) is 0 Å². The number of ketones is 1. The van der Waals surface area contributed by atoms with E-state index in [1.165, 1.54) is 29.5 Å². The third-order valence-corrected chi connectivity index (χ3v) is 10.8. The van der Waals surface area contributed by atoms with Crippen LogP contribution in [0.25, 0.3) is 6.08 Å². The second-order valence-corrected chi connectivity index (χ2v) is 12.9. The quantitative estimate of drug-likeness (QED) is 0.402. The van der Waals surface area contributed by atoms with Crippen molar-refractivity contribution < 1.29 is 19.4 Å². The summed E-state index contributed by atoms with van der Waals surface area (Å²) in [5, 5.41) is 13.0. The van der Waals surface area contributed by atoms with Crippen LogP contribution in [0.3, 0.4) is 0 Å². The summed E-state index contributed by atoms with van der Waals surface area (Å²) in [5.41, 5.74) is 5.40. The van der Waals surface area contributed by atoms with Crippen LogP contribution in [-0.4, -0.2) is 52.2 Å². The van der Waals surface area contributed by atoms with E-state index >= 15 is 0 Å². The van der Waals surface area contributed by atoms with Gasteiger partial charge in [0.2, 0.25) is 0 Å². The van der Waals surface area contributed by atoms with E-state index in [0.717, 1.165) is 66.7 Å². The van der Waals surface area contributed by atoms with Crippen molar-refractivity contribution >= 4 is 11.9 Å². The van der Waals surface area contributed by atoms with Crippen LogP contribution in [0.1, 0.15) is 65.4 Å². The molecule has 2 aliphatic heterocycles. The lowest BCUT2D eigenvalue weighted by Crippen LogP contribution is -2.74. The highest BCUT2D eigenvalue weighted by Gasteiger charge is 2.73. The van der Waals surface area contributed by atoms with Crippen LogP contribution < -0.4 is 9.47 Å². The number of rotatable bonds is 8. The number of aliphatic hydroxyl groups is 1. The Bertz CT molecular complexity index is 1570. The highest BCUT2D eigenvalue weighted by Crippen LogP contribution is 2.69. The smallest absolute Gasteiger partial charge is 0.166 e. The molecule has 6 heteroatoms. The van der Waals surface area contributed by atoms with E-state index in [4.69, 9.17) is 9.47 Å². The maximum atomic E-state index is 13.0. The molecular weight excluding hydrogens is 512 g/mol. The number of ether oxygens (including phenoxy) is 2. The first kappa shape index (κ1) is 25.4. The van der Waals surface area contributed by atoms with Crippen LogP contribution in [0.4, 0.5) is 0 Å². The molecule has 1 saturated carbocycles. The predicted molar refractivity (Wildman–Crippen MR) is 157 cm³/mol. The molecule has 3 heterocycles. The number of aromatic nitrogens is 1. The van der Waals surface area contributed by atoms with Crippen LogP contribution in [-0.2, 0) is 36.5 Å². The number of nitrogens with zero attached hydrogens (tertiary/aromatic N) is 2. The molecule has 1 N–H and O–H groups in total. The molecule has 6 nitrogen and oxygen atoms in total. The number of hydrogen-bond acceptors (Lipinski definition) is 5. The van der Waals surface area contributed by atoms with Gasteiger partial charge in [-0.05, 0) is 85.5 Å². The Morgan fingerprint density at radius 1 is 1.17 bits per heavy atom. The Labute approximate surface area is 241 Å². The molecule has 8 rings (SSSR count). The standard InChI is InChI=1S/C35H38N2O4/c1-36-26(12-14-27(38)13-10-22-6-4-3-5-7-22)18-25-20-35(39)29-19-24-11-15-28(40-2)32-30(24)34(35,33(41-32)31(25)36)16-17-37(29)21-23-8-9-23/h3-7,11-12,14-15,18,23,29,33,39H,8-10,13,16-17,19-21H2,1-2H3/b14-12+/t29-,33?,34+,35-/m1/s1. The Balaban J connectivity index is 1.18. The van der Waals surface area contributed by atoms with Gasteiger partial charge in [-0.2, -0.15) is 0 Å². The first-order valence-corrected chi connectivity index (χ1v) is 15.2. The minimum absolute atomic E-state index is 0.0571. The van der Waals surface area contributed by atoms with E-state index < -0.39 is 11.0 Å². The highest BCUT2D eigenvalue weighted by molar-refractivity contribution is 5.93. The molecule has 2 fully saturated rings. The van der Waals surface area contributed by atoms with Gasteiger partial charge in [0, 0.05) is 43.7 Å². The molecule has 1 spiro atoms. The van der Waals surface area contributed by atoms with Crippen LogP contribution in [0.15, 0.2) is 54.6 Å². The molecule has 3 aromatic rings. The lowest BCUT2D eigenvalue weighted by Gasteiger charge is -2.63. The van der Waals surface area contributed by atoms with E-state index in [1.807, 2.05) is 30.3 Å². The molecular formula is C35H38N2O4. The van der Waals surface area contributed by atoms with Gasteiger partial charge >= 0.3 is 0 Å². The second kappa shape index (κ2) is 9.07. The number of allylic oxidation sites excluding steroid dienone is 1. The van der Waals surface area contributed by atoms with Gasteiger partial charge in [0.15, 0.2) is 23.4 Å². The van der Waals surface area contributed by atoms with Gasteiger partial charge < -0.3 is 19.1 Å². The van der Waals surface area contributed by atoms with Crippen molar-refractivity contribution in [1.82, 2.24) is 9.47 Å². The van der Waals surface area contributed by atoms with Crippen LogP contribution >= 0.6 is 0 Å². The molecule has 3 aliphatic carbocycles. The van der Waals surface area contributed by atoms with Gasteiger partial charge in [-0.15, -0.1) is 0 Å². The first-order chi connectivity index (χ1) is 19.9. The first-order valence-electron chi connectivity index (χ1n) is 15.2. The number of hydrogen-bond donors (Lipinski definition) is 1. The number of benzene rings is 2. The molecule has 1 unspecified atom stereocenters. The van der Waals surface area contributed by atoms with Crippen LogP contribution in [0, 0.1) is 5.92 Å². The Kier molecular flexibility index (Phi) is 5.61. The molecule has 1 saturated heterocycles. The number of aryl methyl sites for hydroxylation is 1. The molecule has 1 aromatic heterocycles. The van der Waals surface area contributed by atoms with Crippen molar-refractivity contribution in [3.05, 3.63) is 88.2 Å². The average molecular weight is 551 g/mol. The number of carbonyl (C=O) groups is 1. The molecule has 0 radical (unpaired) electrons. The SMILES string of the molecule is COc1ccc2c3c1OC1c4c(cc(/C=C/C(=O)CCc5ccccc5)n4C)C[C@@]4(O)[C@@H](C2)N(CC2CC2)CC[C@]314. The fraction of sp³-hybridized carbons (Fsp3) is 0.457. The molecule has 5 aliphatic rings. The molecule has 2 aromatic carbocycles. The topological polar surface area (TPSA) is 63.9 Å². The zero-order valence-electron chi connectivity index (χ0n) is 23.9. The van der Waals surface area contributed by atoms with Crippen molar-refractivity contribution in [2.75, 3.05) is 20.2 Å². The van der Waals surface area contributed by atoms with E-state index in [0.29, 0.717) is 12.8 Å². The summed E-state index contributed by atoms with van der Waals surface area (Å²) in [6.07, 6.45) is 9.47. The van der Waals surface area contributed by atoms with E-state index in [1.54, 1.807) is 13.2 Å². The third-order valence-electron chi connectivity index (χ3n) is 10.8. The van der Waals surface area contributed by atoms with Gasteiger partial charge in [0.05, 0.1) is 23.8 Å². The van der Waals surface area contributed by atoms with E-state index in [-0.39, 0.29) is 17.9 Å². The van der Waals surface area contributed by atoms with Crippen molar-refractivity contribution in [1.29, 1.82) is 0 Å². The minimum atomic E-state index is -0.934. The summed E-state index contributed by atoms with van der Waals surface area (Å²) in [7, 11) is 3.77. The molecule has 212 valence electrons. The summed E-state index contributed by atoms with van der Waals surface area (Å²) < 4.78 is 14.9. The molecule has 41 heavy (non-hydrogen) atoms. The predicted octanol–water partition coefficient (Wildman–Crippen LogP) is 4.95. The van der Waals surface area contributed by atoms with E-state index in [2.05, 4.69) is 40.8 Å². The van der Waals surface area contributed by atoms with E-state index in [9.17, 15) is 9.90 Å². The number of piperidine rings is 1. The largest absolute Gasteiger partial charge is 0.493 e. The van der Waals surface area contributed by atoms with Gasteiger partial charge in [-0.1, -0.05) is 36.4 Å². The Morgan fingerprint density at radius 2 is 2.00 bits per heavy atom. The lowest BCUT2D eigenvalue weighted by atomic mass is 9.49. The lowest BCUT2D eigenvalue weighted by molar-refractivity contribution is -0.173. The summed E-state index contributed by atoms with van der Waals surface area (Å²) in [4.78, 5) is 15.4. The molecule has 4 atom stereocenters. The monoisotopic (exact) mass is 550 g/mol. The van der Waals surface area contributed by atoms with Gasteiger partial charge in [-0.3, -0.25) is 9.69 Å². The number of fused-ring (bicyclic) bond motifs is 2. The number of methoxy groups -OCH3 is 1. The van der Waals surface area contributed by atoms with Gasteiger partial charge in [0.25, 0.3) is 0 Å². The fourth-order valence-electron chi connectivity index (χ4n) is 8.62. The summed E-state index contributed by atoms with van der Waals surface area (Å²) in [6.45, 7) is 2.05. The highest BCUT2D eigenvalue weighted by atomic mass is 16.5. The maximum Gasteiger partial charge on any atom is 0.166 e. The summed E-state index contributed by atoms with van der Waals surface area (Å²) in [5.74, 6) is 2.44. The zero-order valence-corrected chi connectivity index (χ0v) is 23.9. The Morgan fingerprint density at radius 3 is 2.78 bits per heavy atom. The maximum absolute atomic E-state index is 13.0. The normalized spacial score (nSPS) is 29.2. The number of likely N-dealkylation sites (tertiary alicyclic amines) is 1. The molecule has 2 bridgehead atoms. The van der Waals surface area contributed by atoms with Crippen LogP contribution in [0.5, 0.6) is 11.5 Å². The van der Waals surface area contributed by atoms with Crippen molar-refractivity contribution in [3.8, 4) is 11.5 Å². The van der Waals surface area contributed by atoms with Gasteiger partial charge in [-0.25, -0.2) is 0 Å². The minimum Gasteiger partial charge on any atom is -0.493 e.